The second-order valence-corrected chi connectivity index (χ2v) is 10.8. The van der Waals surface area contributed by atoms with Gasteiger partial charge in [-0.3, -0.25) is 0 Å². The van der Waals surface area contributed by atoms with E-state index in [0.717, 1.165) is 11.5 Å². The molecule has 0 heterocycles. The maximum atomic E-state index is 5.68. The van der Waals surface area contributed by atoms with Gasteiger partial charge in [-0.25, -0.2) is 0 Å². The van der Waals surface area contributed by atoms with E-state index in [0.29, 0.717) is 0 Å². The Morgan fingerprint density at radius 3 is 1.29 bits per heavy atom. The summed E-state index contributed by atoms with van der Waals surface area (Å²) in [5.74, 6) is 1.97. The van der Waals surface area contributed by atoms with Gasteiger partial charge in [0.2, 0.25) is 0 Å². The van der Waals surface area contributed by atoms with Crippen molar-refractivity contribution in [3.8, 4) is 11.5 Å². The third-order valence-corrected chi connectivity index (χ3v) is 8.85. The van der Waals surface area contributed by atoms with Crippen LogP contribution in [0.25, 0.3) is 0 Å². The van der Waals surface area contributed by atoms with Crippen molar-refractivity contribution in [2.24, 2.45) is 0 Å². The molecule has 0 aromatic heterocycles. The fraction of sp³-hybridized carbons (Fsp3) is 0.100. The van der Waals surface area contributed by atoms with Gasteiger partial charge in [-0.15, -0.1) is 0 Å². The number of hydrogen-bond acceptors (Lipinski definition) is 2. The quantitative estimate of drug-likeness (QED) is 0.334. The normalized spacial score (nSPS) is 10.8. The van der Waals surface area contributed by atoms with Crippen LogP contribution in [0.15, 0.2) is 72.8 Å². The Morgan fingerprint density at radius 2 is 0.958 bits per heavy atom. The van der Waals surface area contributed by atoms with Crippen LogP contribution in [0.3, 0.4) is 0 Å². The molecule has 0 aliphatic rings. The van der Waals surface area contributed by atoms with Crippen molar-refractivity contribution >= 4 is 0 Å². The van der Waals surface area contributed by atoms with Crippen LogP contribution in [0, 0.1) is 14.3 Å². The second-order valence-electron chi connectivity index (χ2n) is 4.90. The van der Waals surface area contributed by atoms with Gasteiger partial charge >= 0.3 is 165 Å². The minimum absolute atomic E-state index is 0.288. The molecule has 0 unspecified atom stereocenters. The van der Waals surface area contributed by atoms with E-state index in [9.17, 15) is 0 Å². The Morgan fingerprint density at radius 1 is 0.583 bits per heavy atom. The van der Waals surface area contributed by atoms with Crippen molar-refractivity contribution in [3.63, 3.8) is 0 Å². The van der Waals surface area contributed by atoms with Crippen LogP contribution in [0.2, 0.25) is 0 Å². The van der Waals surface area contributed by atoms with Gasteiger partial charge in [0.15, 0.2) is 0 Å². The van der Waals surface area contributed by atoms with E-state index < -0.39 is 0 Å². The van der Waals surface area contributed by atoms with Crippen molar-refractivity contribution < 1.29 is 51.9 Å². The second kappa shape index (κ2) is 8.71. The first kappa shape index (κ1) is 17.5. The number of benzene rings is 3. The van der Waals surface area contributed by atoms with Crippen LogP contribution in [-0.4, -0.2) is 14.2 Å². The first-order valence-electron chi connectivity index (χ1n) is 7.46. The number of hydrogen-bond donors (Lipinski definition) is 0. The van der Waals surface area contributed by atoms with Gasteiger partial charge in [0.05, 0.1) is 0 Å². The summed E-state index contributed by atoms with van der Waals surface area (Å²) in [6.07, 6.45) is 0. The monoisotopic (exact) mass is 544 g/mol. The summed E-state index contributed by atoms with van der Waals surface area (Å²) in [5, 5.41) is 0. The zero-order valence-corrected chi connectivity index (χ0v) is 17.8. The summed E-state index contributed by atoms with van der Waals surface area (Å²) >= 11 is -0.577. The van der Waals surface area contributed by atoms with Gasteiger partial charge in [-0.1, -0.05) is 0 Å². The van der Waals surface area contributed by atoms with Gasteiger partial charge in [0.1, 0.15) is 0 Å². The Balaban J connectivity index is 1.94. The maximum absolute atomic E-state index is 5.68. The number of methoxy groups -OCH3 is 2. The third-order valence-electron chi connectivity index (χ3n) is 3.31. The van der Waals surface area contributed by atoms with E-state index in [2.05, 4.69) is 72.8 Å². The Bertz CT molecular complexity index is 720. The van der Waals surface area contributed by atoms with E-state index in [1.807, 2.05) is 0 Å². The molecule has 0 saturated heterocycles. The Hall–Kier alpha value is -1.28. The summed E-state index contributed by atoms with van der Waals surface area (Å²) in [6, 6.07) is 25.6. The van der Waals surface area contributed by atoms with E-state index in [1.54, 1.807) is 14.2 Å². The molecule has 0 saturated carbocycles. The molecule has 126 valence electrons. The predicted octanol–water partition coefficient (Wildman–Crippen LogP) is -2.04. The van der Waals surface area contributed by atoms with Crippen LogP contribution in [0.4, 0.5) is 0 Å². The fourth-order valence-electron chi connectivity index (χ4n) is 2.16. The molecule has 0 spiro atoms. The van der Waals surface area contributed by atoms with Crippen LogP contribution < -0.4 is 51.9 Å². The molecule has 0 aliphatic carbocycles. The molecule has 0 radical (unpaired) electrons. The first-order valence-corrected chi connectivity index (χ1v) is 11.8. The van der Waals surface area contributed by atoms with Gasteiger partial charge in [0, 0.05) is 0 Å². The van der Waals surface area contributed by atoms with Gasteiger partial charge in [-0.2, -0.15) is 0 Å². The molecule has 3 rings (SSSR count). The van der Waals surface area contributed by atoms with E-state index in [-0.39, 0.29) is 42.4 Å². The molecule has 24 heavy (non-hydrogen) atoms. The van der Waals surface area contributed by atoms with Crippen molar-refractivity contribution in [1.29, 1.82) is 0 Å². The zero-order valence-electron chi connectivity index (χ0n) is 13.5. The Labute approximate surface area is 163 Å². The molecular formula is C20H18I2O2-2. The molecule has 0 aliphatic heterocycles. The zero-order chi connectivity index (χ0) is 16.8. The van der Waals surface area contributed by atoms with E-state index in [4.69, 9.17) is 9.47 Å². The first-order chi connectivity index (χ1) is 11.8. The molecule has 0 amide bonds. The Kier molecular flexibility index (Phi) is 6.37. The summed E-state index contributed by atoms with van der Waals surface area (Å²) in [4.78, 5) is 0. The van der Waals surface area contributed by atoms with E-state index >= 15 is 0 Å². The molecule has 0 fully saturated rings. The molecule has 0 N–H and O–H groups in total. The van der Waals surface area contributed by atoms with Crippen molar-refractivity contribution in [2.75, 3.05) is 14.2 Å². The van der Waals surface area contributed by atoms with Crippen LogP contribution in [0.1, 0.15) is 0 Å². The average Bonchev–Trinajstić information content (AvgIpc) is 2.64. The third kappa shape index (κ3) is 4.42. The average molecular weight is 544 g/mol. The van der Waals surface area contributed by atoms with Gasteiger partial charge in [0.25, 0.3) is 0 Å². The minimum atomic E-state index is -0.288. The van der Waals surface area contributed by atoms with Crippen molar-refractivity contribution in [2.45, 2.75) is 0 Å². The van der Waals surface area contributed by atoms with E-state index in [1.165, 1.54) is 14.3 Å². The van der Waals surface area contributed by atoms with Gasteiger partial charge in [-0.05, 0) is 0 Å². The summed E-state index contributed by atoms with van der Waals surface area (Å²) in [6.45, 7) is 0. The van der Waals surface area contributed by atoms with Crippen molar-refractivity contribution in [3.05, 3.63) is 87.1 Å². The van der Waals surface area contributed by atoms with Crippen LogP contribution in [-0.2, 0) is 0 Å². The molecule has 4 heteroatoms. The van der Waals surface area contributed by atoms with Crippen LogP contribution >= 0.6 is 0 Å². The SMILES string of the molecule is COc1cc([I-]c2ccccc2)c(OC)cc1[I-]c1ccccc1. The molecular weight excluding hydrogens is 526 g/mol. The van der Waals surface area contributed by atoms with Crippen molar-refractivity contribution in [1.82, 2.24) is 0 Å². The number of halogens is 2. The molecule has 3 aromatic carbocycles. The standard InChI is InChI=1S/C20H18I2O2/c1-23-19-13-18(22-16-11-7-4-8-12-16)20(24-2)14-17(19)21-15-9-5-3-6-10-15/h3-14H,1-2H3/q-2. The molecule has 2 nitrogen and oxygen atoms in total. The summed E-state index contributed by atoms with van der Waals surface area (Å²) < 4.78 is 16.7. The molecule has 3 aromatic rings. The molecule has 0 atom stereocenters. The molecule has 0 bridgehead atoms. The fourth-order valence-corrected chi connectivity index (χ4v) is 7.21. The predicted molar refractivity (Wildman–Crippen MR) is 87.2 cm³/mol. The summed E-state index contributed by atoms with van der Waals surface area (Å²) in [5.41, 5.74) is 0. The topological polar surface area (TPSA) is 18.5 Å². The van der Waals surface area contributed by atoms with Crippen LogP contribution in [0.5, 0.6) is 11.5 Å². The number of ether oxygens (including phenoxy) is 2. The van der Waals surface area contributed by atoms with Gasteiger partial charge < -0.3 is 0 Å². The number of rotatable bonds is 6. The summed E-state index contributed by atoms with van der Waals surface area (Å²) in [7, 11) is 3.51.